The van der Waals surface area contributed by atoms with Gasteiger partial charge in [0, 0.05) is 31.4 Å². The summed E-state index contributed by atoms with van der Waals surface area (Å²) in [7, 11) is 0. The topological polar surface area (TPSA) is 6.48 Å². The van der Waals surface area contributed by atoms with Gasteiger partial charge < -0.3 is 9.80 Å². The molecule has 0 aromatic heterocycles. The number of hydrogen-bond donors (Lipinski definition) is 0. The van der Waals surface area contributed by atoms with Gasteiger partial charge in [-0.2, -0.15) is 0 Å². The molecule has 0 bridgehead atoms. The lowest BCUT2D eigenvalue weighted by Gasteiger charge is -2.35. The summed E-state index contributed by atoms with van der Waals surface area (Å²) in [6.07, 6.45) is 30.6. The van der Waals surface area contributed by atoms with Crippen LogP contribution in [0.4, 0.5) is 0 Å². The van der Waals surface area contributed by atoms with E-state index >= 15 is 0 Å². The minimum absolute atomic E-state index is 0.475. The second kappa shape index (κ2) is 18.8. The molecular weight excluding hydrogens is 412 g/mol. The molecule has 1 aromatic carbocycles. The Labute approximate surface area is 213 Å². The van der Waals surface area contributed by atoms with Gasteiger partial charge in [-0.05, 0) is 25.8 Å². The molecule has 34 heavy (non-hydrogen) atoms. The number of rotatable bonds is 21. The molecule has 0 fully saturated rings. The summed E-state index contributed by atoms with van der Waals surface area (Å²) in [5.74, 6) is 0. The quantitative estimate of drug-likeness (QED) is 0.166. The van der Waals surface area contributed by atoms with Crippen molar-refractivity contribution in [3.05, 3.63) is 48.3 Å². The van der Waals surface area contributed by atoms with Crippen molar-refractivity contribution in [2.24, 2.45) is 0 Å². The van der Waals surface area contributed by atoms with E-state index < -0.39 is 0 Å². The third-order valence-electron chi connectivity index (χ3n) is 7.53. The number of nitrogens with zero attached hydrogens (tertiary/aromatic N) is 2. The lowest BCUT2D eigenvalue weighted by molar-refractivity contribution is 0.125. The summed E-state index contributed by atoms with van der Waals surface area (Å²) in [5, 5.41) is 0. The third-order valence-corrected chi connectivity index (χ3v) is 7.53. The van der Waals surface area contributed by atoms with Crippen molar-refractivity contribution in [1.29, 1.82) is 0 Å². The zero-order valence-electron chi connectivity index (χ0n) is 23.0. The van der Waals surface area contributed by atoms with Gasteiger partial charge in [-0.3, -0.25) is 0 Å². The third kappa shape index (κ3) is 12.3. The Morgan fingerprint density at radius 3 is 1.56 bits per heavy atom. The normalized spacial score (nSPS) is 15.7. The van der Waals surface area contributed by atoms with Crippen molar-refractivity contribution in [3.63, 3.8) is 0 Å². The van der Waals surface area contributed by atoms with Gasteiger partial charge in [-0.15, -0.1) is 0 Å². The molecule has 1 aliphatic heterocycles. The Balaban J connectivity index is 1.44. The minimum atomic E-state index is 0.475. The van der Waals surface area contributed by atoms with Crippen LogP contribution < -0.4 is 0 Å². The van der Waals surface area contributed by atoms with E-state index in [0.29, 0.717) is 12.2 Å². The van der Waals surface area contributed by atoms with Crippen LogP contribution in [0.3, 0.4) is 0 Å². The highest BCUT2D eigenvalue weighted by Gasteiger charge is 2.27. The van der Waals surface area contributed by atoms with Crippen molar-refractivity contribution in [3.8, 4) is 0 Å². The Bertz CT molecular complexity index is 609. The van der Waals surface area contributed by atoms with E-state index in [4.69, 9.17) is 0 Å². The van der Waals surface area contributed by atoms with E-state index in [2.05, 4.69) is 73.3 Å². The standard InChI is InChI=1S/C32H56N2/c1-4-5-6-7-8-9-10-11-12-13-14-15-16-17-18-19-23-26-33-27-28-34(30(2)3)32(33)29-31-24-21-20-22-25-31/h20-22,24-25,27-28,30,32H,4-19,23,26,29H2,1-3H3. The molecule has 1 atom stereocenters. The summed E-state index contributed by atoms with van der Waals surface area (Å²) >= 11 is 0. The van der Waals surface area contributed by atoms with Gasteiger partial charge in [-0.25, -0.2) is 0 Å². The molecule has 1 heterocycles. The van der Waals surface area contributed by atoms with Crippen molar-refractivity contribution in [2.75, 3.05) is 6.54 Å². The van der Waals surface area contributed by atoms with Crippen molar-refractivity contribution in [1.82, 2.24) is 9.80 Å². The molecule has 2 rings (SSSR count). The highest BCUT2D eigenvalue weighted by molar-refractivity contribution is 5.17. The fraction of sp³-hybridized carbons (Fsp3) is 0.750. The number of benzene rings is 1. The molecule has 0 radical (unpaired) electrons. The van der Waals surface area contributed by atoms with E-state index in [9.17, 15) is 0 Å². The molecule has 194 valence electrons. The molecule has 0 amide bonds. The maximum Gasteiger partial charge on any atom is 0.105 e. The zero-order valence-corrected chi connectivity index (χ0v) is 23.0. The van der Waals surface area contributed by atoms with Crippen LogP contribution >= 0.6 is 0 Å². The molecular formula is C32H56N2. The summed E-state index contributed by atoms with van der Waals surface area (Å²) < 4.78 is 0. The van der Waals surface area contributed by atoms with Crippen LogP contribution in [-0.4, -0.2) is 28.6 Å². The van der Waals surface area contributed by atoms with E-state index in [1.54, 1.807) is 0 Å². The van der Waals surface area contributed by atoms with Gasteiger partial charge in [0.25, 0.3) is 0 Å². The molecule has 0 aliphatic carbocycles. The van der Waals surface area contributed by atoms with Gasteiger partial charge >= 0.3 is 0 Å². The van der Waals surface area contributed by atoms with Crippen molar-refractivity contribution >= 4 is 0 Å². The van der Waals surface area contributed by atoms with Gasteiger partial charge in [-0.1, -0.05) is 140 Å². The fourth-order valence-electron chi connectivity index (χ4n) is 5.34. The zero-order chi connectivity index (χ0) is 24.3. The van der Waals surface area contributed by atoms with Crippen LogP contribution in [0.25, 0.3) is 0 Å². The average molecular weight is 469 g/mol. The summed E-state index contributed by atoms with van der Waals surface area (Å²) in [4.78, 5) is 5.11. The smallest absolute Gasteiger partial charge is 0.105 e. The molecule has 0 spiro atoms. The highest BCUT2D eigenvalue weighted by atomic mass is 15.4. The van der Waals surface area contributed by atoms with E-state index in [1.165, 1.54) is 121 Å². The van der Waals surface area contributed by atoms with Crippen LogP contribution in [-0.2, 0) is 6.42 Å². The van der Waals surface area contributed by atoms with Crippen LogP contribution in [0.15, 0.2) is 42.7 Å². The molecule has 1 aliphatic rings. The Morgan fingerprint density at radius 1 is 0.618 bits per heavy atom. The number of unbranched alkanes of at least 4 members (excludes halogenated alkanes) is 16. The molecule has 0 N–H and O–H groups in total. The van der Waals surface area contributed by atoms with Gasteiger partial charge in [0.2, 0.25) is 0 Å². The maximum absolute atomic E-state index is 2.58. The first-order valence-electron chi connectivity index (χ1n) is 15.0. The second-order valence-corrected chi connectivity index (χ2v) is 10.9. The Hall–Kier alpha value is -1.44. The van der Waals surface area contributed by atoms with Crippen molar-refractivity contribution in [2.45, 2.75) is 149 Å². The summed E-state index contributed by atoms with van der Waals surface area (Å²) in [5.41, 5.74) is 1.44. The highest BCUT2D eigenvalue weighted by Crippen LogP contribution is 2.23. The van der Waals surface area contributed by atoms with E-state index in [-0.39, 0.29) is 0 Å². The molecule has 1 unspecified atom stereocenters. The molecule has 0 saturated carbocycles. The Morgan fingerprint density at radius 2 is 1.09 bits per heavy atom. The molecule has 0 saturated heterocycles. The Kier molecular flexibility index (Phi) is 16.0. The van der Waals surface area contributed by atoms with Crippen LogP contribution in [0.1, 0.15) is 135 Å². The van der Waals surface area contributed by atoms with Crippen LogP contribution in [0.2, 0.25) is 0 Å². The van der Waals surface area contributed by atoms with Crippen LogP contribution in [0, 0.1) is 0 Å². The minimum Gasteiger partial charge on any atom is -0.356 e. The van der Waals surface area contributed by atoms with E-state index in [0.717, 1.165) is 6.42 Å². The van der Waals surface area contributed by atoms with E-state index in [1.807, 2.05) is 0 Å². The van der Waals surface area contributed by atoms with Gasteiger partial charge in [0.1, 0.15) is 6.17 Å². The largest absolute Gasteiger partial charge is 0.356 e. The lowest BCUT2D eigenvalue weighted by atomic mass is 10.0. The van der Waals surface area contributed by atoms with Gasteiger partial charge in [0.05, 0.1) is 0 Å². The second-order valence-electron chi connectivity index (χ2n) is 10.9. The lowest BCUT2D eigenvalue weighted by Crippen LogP contribution is -2.43. The molecule has 1 aromatic rings. The predicted molar refractivity (Wildman–Crippen MR) is 151 cm³/mol. The first-order chi connectivity index (χ1) is 16.7. The summed E-state index contributed by atoms with van der Waals surface area (Å²) in [6.45, 7) is 8.11. The SMILES string of the molecule is CCCCCCCCCCCCCCCCCCCN1C=CN(C(C)C)C1Cc1ccccc1. The first kappa shape index (κ1) is 28.8. The monoisotopic (exact) mass is 468 g/mol. The molecule has 2 nitrogen and oxygen atoms in total. The van der Waals surface area contributed by atoms with Crippen LogP contribution in [0.5, 0.6) is 0 Å². The average Bonchev–Trinajstić information content (AvgIpc) is 3.24. The van der Waals surface area contributed by atoms with Gasteiger partial charge in [0.15, 0.2) is 0 Å². The summed E-state index contributed by atoms with van der Waals surface area (Å²) in [6, 6.07) is 11.5. The first-order valence-corrected chi connectivity index (χ1v) is 15.0. The fourth-order valence-corrected chi connectivity index (χ4v) is 5.34. The number of hydrogen-bond acceptors (Lipinski definition) is 2. The predicted octanol–water partition coefficient (Wildman–Crippen LogP) is 9.70. The molecule has 2 heteroatoms. The van der Waals surface area contributed by atoms with Crippen molar-refractivity contribution < 1.29 is 0 Å². The maximum atomic E-state index is 2.58.